The van der Waals surface area contributed by atoms with Crippen LogP contribution in [0.1, 0.15) is 22.3 Å². The summed E-state index contributed by atoms with van der Waals surface area (Å²) in [7, 11) is 0. The summed E-state index contributed by atoms with van der Waals surface area (Å²) in [4.78, 5) is 15.4. The van der Waals surface area contributed by atoms with Gasteiger partial charge in [0.15, 0.2) is 5.78 Å². The van der Waals surface area contributed by atoms with Crippen molar-refractivity contribution in [1.29, 1.82) is 0 Å². The molecule has 0 radical (unpaired) electrons. The van der Waals surface area contributed by atoms with E-state index in [2.05, 4.69) is 4.98 Å². The highest BCUT2D eigenvalue weighted by molar-refractivity contribution is 6.00. The molecule has 0 aromatic carbocycles. The Morgan fingerprint density at radius 3 is 3.17 bits per heavy atom. The second-order valence-corrected chi connectivity index (χ2v) is 2.83. The van der Waals surface area contributed by atoms with Crippen LogP contribution in [0.2, 0.25) is 0 Å². The van der Waals surface area contributed by atoms with Crippen molar-refractivity contribution in [1.82, 2.24) is 4.98 Å². The van der Waals surface area contributed by atoms with E-state index >= 15 is 0 Å². The van der Waals surface area contributed by atoms with E-state index in [1.165, 1.54) is 0 Å². The first kappa shape index (κ1) is 7.28. The third-order valence-corrected chi connectivity index (χ3v) is 1.97. The minimum atomic E-state index is 0.141. The number of hydrogen-bond acceptors (Lipinski definition) is 3. The molecular weight excluding hydrogens is 154 g/mol. The fraction of sp³-hybridized carbons (Fsp3) is 0.333. The summed E-state index contributed by atoms with van der Waals surface area (Å²) in [6.07, 6.45) is 2.13. The quantitative estimate of drug-likeness (QED) is 0.579. The molecule has 1 aromatic heterocycles. The van der Waals surface area contributed by atoms with Crippen molar-refractivity contribution in [3.63, 3.8) is 0 Å². The number of hydrogen-bond donors (Lipinski definition) is 0. The molecule has 0 saturated carbocycles. The zero-order valence-corrected chi connectivity index (χ0v) is 6.83. The van der Waals surface area contributed by atoms with Gasteiger partial charge in [0.25, 0.3) is 0 Å². The minimum Gasteiger partial charge on any atom is -0.477 e. The van der Waals surface area contributed by atoms with Crippen molar-refractivity contribution in [2.24, 2.45) is 0 Å². The lowest BCUT2D eigenvalue weighted by molar-refractivity contribution is 0.0928. The predicted octanol–water partition coefficient (Wildman–Crippen LogP) is 1.36. The van der Waals surface area contributed by atoms with Crippen LogP contribution in [-0.4, -0.2) is 17.4 Å². The molecule has 1 aliphatic rings. The van der Waals surface area contributed by atoms with Crippen LogP contribution in [0.5, 0.6) is 5.88 Å². The molecule has 0 atom stereocenters. The van der Waals surface area contributed by atoms with E-state index in [0.717, 1.165) is 5.56 Å². The van der Waals surface area contributed by atoms with Gasteiger partial charge in [-0.15, -0.1) is 0 Å². The first-order valence-corrected chi connectivity index (χ1v) is 3.90. The first-order valence-electron chi connectivity index (χ1n) is 3.90. The van der Waals surface area contributed by atoms with Crippen molar-refractivity contribution in [3.05, 3.63) is 23.4 Å². The number of ketones is 1. The highest BCUT2D eigenvalue weighted by Crippen LogP contribution is 2.24. The number of fused-ring (bicyclic) bond motifs is 1. The molecule has 0 bridgehead atoms. The molecule has 62 valence electrons. The van der Waals surface area contributed by atoms with Gasteiger partial charge in [-0.05, 0) is 18.6 Å². The lowest BCUT2D eigenvalue weighted by atomic mass is 10.0. The molecular formula is C9H9NO2. The van der Waals surface area contributed by atoms with Crippen LogP contribution in [0, 0.1) is 6.92 Å². The number of ether oxygens (including phenoxy) is 1. The van der Waals surface area contributed by atoms with E-state index < -0.39 is 0 Å². The number of aryl methyl sites for hydroxylation is 1. The molecule has 0 amide bonds. The van der Waals surface area contributed by atoms with E-state index in [9.17, 15) is 4.79 Å². The highest BCUT2D eigenvalue weighted by Gasteiger charge is 2.20. The van der Waals surface area contributed by atoms with Gasteiger partial charge in [0.1, 0.15) is 0 Å². The van der Waals surface area contributed by atoms with Gasteiger partial charge in [0, 0.05) is 12.6 Å². The zero-order valence-electron chi connectivity index (χ0n) is 6.83. The SMILES string of the molecule is Cc1ccnc2c1C(=O)CCO2. The normalized spacial score (nSPS) is 15.2. The Balaban J connectivity index is 2.60. The molecule has 12 heavy (non-hydrogen) atoms. The van der Waals surface area contributed by atoms with E-state index in [0.29, 0.717) is 24.5 Å². The number of rotatable bonds is 0. The Kier molecular flexibility index (Phi) is 1.57. The van der Waals surface area contributed by atoms with Gasteiger partial charge in [0.05, 0.1) is 12.2 Å². The Morgan fingerprint density at radius 1 is 1.58 bits per heavy atom. The molecule has 0 spiro atoms. The zero-order chi connectivity index (χ0) is 8.55. The van der Waals surface area contributed by atoms with Crippen LogP contribution >= 0.6 is 0 Å². The highest BCUT2D eigenvalue weighted by atomic mass is 16.5. The lowest BCUT2D eigenvalue weighted by Crippen LogP contribution is -2.17. The van der Waals surface area contributed by atoms with Crippen LogP contribution in [0.25, 0.3) is 0 Å². The van der Waals surface area contributed by atoms with Crippen molar-refractivity contribution in [2.75, 3.05) is 6.61 Å². The number of carbonyl (C=O) groups is 1. The predicted molar refractivity (Wildman–Crippen MR) is 43.4 cm³/mol. The van der Waals surface area contributed by atoms with Gasteiger partial charge in [-0.3, -0.25) is 4.79 Å². The number of aromatic nitrogens is 1. The summed E-state index contributed by atoms with van der Waals surface area (Å²) in [5.74, 6) is 0.633. The van der Waals surface area contributed by atoms with Gasteiger partial charge < -0.3 is 4.74 Å². The molecule has 3 heteroatoms. The number of nitrogens with zero attached hydrogens (tertiary/aromatic N) is 1. The number of carbonyl (C=O) groups excluding carboxylic acids is 1. The van der Waals surface area contributed by atoms with E-state index in [1.807, 2.05) is 13.0 Å². The summed E-state index contributed by atoms with van der Waals surface area (Å²) in [6, 6.07) is 1.82. The topological polar surface area (TPSA) is 39.2 Å². The van der Waals surface area contributed by atoms with Crippen LogP contribution in [-0.2, 0) is 0 Å². The van der Waals surface area contributed by atoms with Crippen LogP contribution < -0.4 is 4.74 Å². The summed E-state index contributed by atoms with van der Waals surface area (Å²) >= 11 is 0. The van der Waals surface area contributed by atoms with Gasteiger partial charge in [-0.1, -0.05) is 0 Å². The monoisotopic (exact) mass is 163 g/mol. The van der Waals surface area contributed by atoms with Gasteiger partial charge in [-0.25, -0.2) is 4.98 Å². The van der Waals surface area contributed by atoms with Gasteiger partial charge in [0.2, 0.25) is 5.88 Å². The molecule has 0 saturated heterocycles. The second kappa shape index (κ2) is 2.59. The molecule has 0 fully saturated rings. The lowest BCUT2D eigenvalue weighted by Gasteiger charge is -2.15. The van der Waals surface area contributed by atoms with Crippen molar-refractivity contribution >= 4 is 5.78 Å². The average Bonchev–Trinajstić information content (AvgIpc) is 2.04. The Hall–Kier alpha value is -1.38. The van der Waals surface area contributed by atoms with Crippen molar-refractivity contribution < 1.29 is 9.53 Å². The first-order chi connectivity index (χ1) is 5.79. The van der Waals surface area contributed by atoms with E-state index in [-0.39, 0.29) is 5.78 Å². The second-order valence-electron chi connectivity index (χ2n) is 2.83. The Labute approximate surface area is 70.4 Å². The third kappa shape index (κ3) is 0.978. The molecule has 0 aliphatic carbocycles. The van der Waals surface area contributed by atoms with Crippen LogP contribution in [0.4, 0.5) is 0 Å². The Morgan fingerprint density at radius 2 is 2.42 bits per heavy atom. The maximum absolute atomic E-state index is 11.4. The third-order valence-electron chi connectivity index (χ3n) is 1.97. The fourth-order valence-electron chi connectivity index (χ4n) is 1.35. The number of pyridine rings is 1. The van der Waals surface area contributed by atoms with E-state index in [1.54, 1.807) is 6.20 Å². The number of Topliss-reactive ketones (excluding diaryl/α,β-unsaturated/α-hetero) is 1. The fourth-order valence-corrected chi connectivity index (χ4v) is 1.35. The molecule has 0 N–H and O–H groups in total. The van der Waals surface area contributed by atoms with Gasteiger partial charge in [-0.2, -0.15) is 0 Å². The summed E-state index contributed by atoms with van der Waals surface area (Å²) in [6.45, 7) is 2.36. The summed E-state index contributed by atoms with van der Waals surface area (Å²) in [5, 5.41) is 0. The van der Waals surface area contributed by atoms with Crippen molar-refractivity contribution in [3.8, 4) is 5.88 Å². The van der Waals surface area contributed by atoms with E-state index in [4.69, 9.17) is 4.74 Å². The van der Waals surface area contributed by atoms with Crippen LogP contribution in [0.3, 0.4) is 0 Å². The van der Waals surface area contributed by atoms with Crippen molar-refractivity contribution in [2.45, 2.75) is 13.3 Å². The maximum atomic E-state index is 11.4. The molecule has 1 aromatic rings. The molecule has 2 heterocycles. The smallest absolute Gasteiger partial charge is 0.224 e. The van der Waals surface area contributed by atoms with Crippen LogP contribution in [0.15, 0.2) is 12.3 Å². The molecule has 1 aliphatic heterocycles. The van der Waals surface area contributed by atoms with Gasteiger partial charge >= 0.3 is 0 Å². The molecule has 3 nitrogen and oxygen atoms in total. The minimum absolute atomic E-state index is 0.141. The summed E-state index contributed by atoms with van der Waals surface area (Å²) < 4.78 is 5.24. The average molecular weight is 163 g/mol. The Bertz CT molecular complexity index is 333. The maximum Gasteiger partial charge on any atom is 0.224 e. The molecule has 0 unspecified atom stereocenters. The molecule has 2 rings (SSSR count). The summed E-state index contributed by atoms with van der Waals surface area (Å²) in [5.41, 5.74) is 1.61. The standard InChI is InChI=1S/C9H9NO2/c1-6-2-4-10-9-8(6)7(11)3-5-12-9/h2,4H,3,5H2,1H3. The largest absolute Gasteiger partial charge is 0.477 e.